The van der Waals surface area contributed by atoms with Gasteiger partial charge in [-0.2, -0.15) is 13.2 Å². The summed E-state index contributed by atoms with van der Waals surface area (Å²) in [5.41, 5.74) is 2.85. The van der Waals surface area contributed by atoms with Crippen molar-refractivity contribution in [2.75, 3.05) is 0 Å². The Bertz CT molecular complexity index is 94.9. The van der Waals surface area contributed by atoms with Crippen LogP contribution >= 0.6 is 0 Å². The molecule has 0 saturated heterocycles. The van der Waals surface area contributed by atoms with Crippen LogP contribution in [-0.2, 0) is 0 Å². The molecule has 0 rings (SSSR count). The maximum Gasteiger partial charge on any atom is 0.406 e. The molecular formula is C5H10F3N. The molecule has 1 nitrogen and oxygen atoms in total. The second-order valence-corrected chi connectivity index (χ2v) is 2.27. The van der Waals surface area contributed by atoms with Gasteiger partial charge in [-0.05, 0) is 13.3 Å². The molecule has 0 aromatic heterocycles. The van der Waals surface area contributed by atoms with Crippen LogP contribution in [0.5, 0.6) is 0 Å². The highest BCUT2D eigenvalue weighted by atomic mass is 19.4. The maximum atomic E-state index is 11.7. The van der Waals surface area contributed by atoms with Gasteiger partial charge < -0.3 is 5.73 Å². The highest BCUT2D eigenvalue weighted by Crippen LogP contribution is 2.29. The molecule has 9 heavy (non-hydrogen) atoms. The molecule has 0 amide bonds. The predicted molar refractivity (Wildman–Crippen MR) is 28.9 cm³/mol. The van der Waals surface area contributed by atoms with Crippen molar-refractivity contribution >= 4 is 0 Å². The third kappa shape index (κ3) is 1.86. The average Bonchev–Trinajstić information content (AvgIpc) is 1.64. The molecule has 0 unspecified atom stereocenters. The lowest BCUT2D eigenvalue weighted by Gasteiger charge is -2.25. The normalized spacial score (nSPS) is 19.3. The summed E-state index contributed by atoms with van der Waals surface area (Å²) >= 11 is 0. The molecule has 0 bridgehead atoms. The van der Waals surface area contributed by atoms with E-state index >= 15 is 0 Å². The second kappa shape index (κ2) is 2.17. The topological polar surface area (TPSA) is 26.0 Å². The molecule has 56 valence electrons. The number of hydrogen-bond acceptors (Lipinski definition) is 1. The number of hydrogen-bond donors (Lipinski definition) is 1. The quantitative estimate of drug-likeness (QED) is 0.590. The zero-order chi connectivity index (χ0) is 7.71. The first kappa shape index (κ1) is 8.75. The van der Waals surface area contributed by atoms with Crippen LogP contribution in [0.15, 0.2) is 0 Å². The van der Waals surface area contributed by atoms with E-state index in [0.29, 0.717) is 0 Å². The van der Waals surface area contributed by atoms with Crippen molar-refractivity contribution in [2.45, 2.75) is 32.0 Å². The van der Waals surface area contributed by atoms with Crippen LogP contribution in [0.1, 0.15) is 20.3 Å². The fourth-order valence-electron chi connectivity index (χ4n) is 0.200. The minimum atomic E-state index is -4.28. The van der Waals surface area contributed by atoms with Crippen LogP contribution < -0.4 is 5.73 Å². The molecule has 0 spiro atoms. The highest BCUT2D eigenvalue weighted by Gasteiger charge is 2.46. The molecule has 0 saturated carbocycles. The Balaban J connectivity index is 4.14. The van der Waals surface area contributed by atoms with Gasteiger partial charge in [0, 0.05) is 0 Å². The SMILES string of the molecule is CC[C@@](C)(N)C(F)(F)F. The molecule has 2 N–H and O–H groups in total. The lowest BCUT2D eigenvalue weighted by atomic mass is 10.0. The average molecular weight is 141 g/mol. The highest BCUT2D eigenvalue weighted by molar-refractivity contribution is 4.84. The molecule has 4 heteroatoms. The minimum Gasteiger partial charge on any atom is -0.318 e. The largest absolute Gasteiger partial charge is 0.406 e. The lowest BCUT2D eigenvalue weighted by Crippen LogP contribution is -2.49. The third-order valence-electron chi connectivity index (χ3n) is 1.38. The van der Waals surface area contributed by atoms with Crippen LogP contribution in [0.2, 0.25) is 0 Å². The summed E-state index contributed by atoms with van der Waals surface area (Å²) < 4.78 is 35.1. The monoisotopic (exact) mass is 141 g/mol. The Morgan fingerprint density at radius 1 is 1.33 bits per heavy atom. The van der Waals surface area contributed by atoms with Crippen molar-refractivity contribution in [1.29, 1.82) is 0 Å². The van der Waals surface area contributed by atoms with Gasteiger partial charge in [-0.1, -0.05) is 6.92 Å². The third-order valence-corrected chi connectivity index (χ3v) is 1.38. The van der Waals surface area contributed by atoms with Crippen molar-refractivity contribution in [3.05, 3.63) is 0 Å². The molecule has 1 atom stereocenters. The smallest absolute Gasteiger partial charge is 0.318 e. The lowest BCUT2D eigenvalue weighted by molar-refractivity contribution is -0.181. The summed E-state index contributed by atoms with van der Waals surface area (Å²) in [5.74, 6) is 0. The van der Waals surface area contributed by atoms with E-state index < -0.39 is 11.7 Å². The van der Waals surface area contributed by atoms with Gasteiger partial charge >= 0.3 is 6.18 Å². The minimum absolute atomic E-state index is 0.0868. The summed E-state index contributed by atoms with van der Waals surface area (Å²) in [4.78, 5) is 0. The van der Waals surface area contributed by atoms with Crippen LogP contribution in [-0.4, -0.2) is 11.7 Å². The molecule has 0 fully saturated rings. The zero-order valence-electron chi connectivity index (χ0n) is 5.42. The van der Waals surface area contributed by atoms with Gasteiger partial charge in [-0.25, -0.2) is 0 Å². The van der Waals surface area contributed by atoms with E-state index in [0.717, 1.165) is 6.92 Å². The van der Waals surface area contributed by atoms with E-state index in [4.69, 9.17) is 5.73 Å². The fraction of sp³-hybridized carbons (Fsp3) is 1.00. The van der Waals surface area contributed by atoms with Gasteiger partial charge in [0.2, 0.25) is 0 Å². The van der Waals surface area contributed by atoms with Gasteiger partial charge in [0.05, 0.1) is 0 Å². The number of alkyl halides is 3. The van der Waals surface area contributed by atoms with E-state index in [1.807, 2.05) is 0 Å². The van der Waals surface area contributed by atoms with Gasteiger partial charge in [0.25, 0.3) is 0 Å². The number of halogens is 3. The van der Waals surface area contributed by atoms with E-state index in [1.165, 1.54) is 6.92 Å². The zero-order valence-corrected chi connectivity index (χ0v) is 5.42. The standard InChI is InChI=1S/C5H10F3N/c1-3-4(2,9)5(6,7)8/h3,9H2,1-2H3/t4-/m1/s1. The Hall–Kier alpha value is -0.250. The Morgan fingerprint density at radius 3 is 1.67 bits per heavy atom. The molecule has 0 radical (unpaired) electrons. The molecule has 0 aromatic rings. The van der Waals surface area contributed by atoms with Gasteiger partial charge in [-0.3, -0.25) is 0 Å². The summed E-state index contributed by atoms with van der Waals surface area (Å²) in [6, 6.07) is 0. The first-order valence-electron chi connectivity index (χ1n) is 2.67. The molecular weight excluding hydrogens is 131 g/mol. The Kier molecular flexibility index (Phi) is 2.11. The van der Waals surface area contributed by atoms with Crippen molar-refractivity contribution in [1.82, 2.24) is 0 Å². The molecule has 0 aliphatic carbocycles. The van der Waals surface area contributed by atoms with Gasteiger partial charge in [0.15, 0.2) is 0 Å². The fourth-order valence-corrected chi connectivity index (χ4v) is 0.200. The van der Waals surface area contributed by atoms with E-state index in [9.17, 15) is 13.2 Å². The van der Waals surface area contributed by atoms with Crippen molar-refractivity contribution in [2.24, 2.45) is 5.73 Å². The molecule has 0 aliphatic heterocycles. The first-order valence-corrected chi connectivity index (χ1v) is 2.67. The summed E-state index contributed by atoms with van der Waals surface area (Å²) in [6.07, 6.45) is -4.36. The first-order chi connectivity index (χ1) is 3.81. The summed E-state index contributed by atoms with van der Waals surface area (Å²) in [5, 5.41) is 0. The molecule has 0 aromatic carbocycles. The summed E-state index contributed by atoms with van der Waals surface area (Å²) in [7, 11) is 0. The molecule has 0 aliphatic rings. The molecule has 0 heterocycles. The van der Waals surface area contributed by atoms with Crippen LogP contribution in [0.4, 0.5) is 13.2 Å². The predicted octanol–water partition coefficient (Wildman–Crippen LogP) is 1.68. The van der Waals surface area contributed by atoms with Gasteiger partial charge in [0.1, 0.15) is 5.54 Å². The van der Waals surface area contributed by atoms with Crippen molar-refractivity contribution < 1.29 is 13.2 Å². The van der Waals surface area contributed by atoms with E-state index in [-0.39, 0.29) is 6.42 Å². The summed E-state index contributed by atoms with van der Waals surface area (Å²) in [6.45, 7) is 2.39. The Labute approximate surface area is 52.0 Å². The number of rotatable bonds is 1. The van der Waals surface area contributed by atoms with E-state index in [1.54, 1.807) is 0 Å². The van der Waals surface area contributed by atoms with Crippen molar-refractivity contribution in [3.8, 4) is 0 Å². The number of nitrogens with two attached hydrogens (primary N) is 1. The second-order valence-electron chi connectivity index (χ2n) is 2.27. The Morgan fingerprint density at radius 2 is 1.67 bits per heavy atom. The van der Waals surface area contributed by atoms with Crippen LogP contribution in [0.3, 0.4) is 0 Å². The van der Waals surface area contributed by atoms with E-state index in [2.05, 4.69) is 0 Å². The maximum absolute atomic E-state index is 11.7. The van der Waals surface area contributed by atoms with Crippen molar-refractivity contribution in [3.63, 3.8) is 0 Å². The van der Waals surface area contributed by atoms with Gasteiger partial charge in [-0.15, -0.1) is 0 Å². The van der Waals surface area contributed by atoms with Crippen LogP contribution in [0, 0.1) is 0 Å². The van der Waals surface area contributed by atoms with Crippen LogP contribution in [0.25, 0.3) is 0 Å².